The molecular weight excluding hydrogens is 387 g/mol. The first-order valence-electron chi connectivity index (χ1n) is 10.4. The maximum absolute atomic E-state index is 13.1. The molecule has 1 aromatic carbocycles. The number of fused-ring (bicyclic) bond motifs is 1. The van der Waals surface area contributed by atoms with Gasteiger partial charge in [-0.3, -0.25) is 14.5 Å². The first-order chi connectivity index (χ1) is 14.4. The molecule has 0 radical (unpaired) electrons. The third kappa shape index (κ3) is 4.23. The Morgan fingerprint density at radius 1 is 1.13 bits per heavy atom. The molecule has 0 aliphatic carbocycles. The summed E-state index contributed by atoms with van der Waals surface area (Å²) in [6, 6.07) is 6.07. The average molecular weight is 414 g/mol. The zero-order chi connectivity index (χ0) is 21.3. The van der Waals surface area contributed by atoms with Gasteiger partial charge in [-0.1, -0.05) is 17.3 Å². The Morgan fingerprint density at radius 2 is 1.87 bits per heavy atom. The molecule has 3 heterocycles. The minimum Gasteiger partial charge on any atom is -0.361 e. The first kappa shape index (κ1) is 20.5. The zero-order valence-electron chi connectivity index (χ0n) is 17.4. The molecule has 2 aliphatic heterocycles. The summed E-state index contributed by atoms with van der Waals surface area (Å²) in [4.78, 5) is 31.8. The molecule has 4 rings (SSSR count). The van der Waals surface area contributed by atoms with Gasteiger partial charge in [0.15, 0.2) is 0 Å². The van der Waals surface area contributed by atoms with Gasteiger partial charge in [0.05, 0.1) is 18.2 Å². The molecule has 0 saturated carbocycles. The second-order valence-corrected chi connectivity index (χ2v) is 8.09. The van der Waals surface area contributed by atoms with Crippen LogP contribution in [0.3, 0.4) is 0 Å². The SMILES string of the molecule is Cc1noc(C)c1CC(=O)N1CCC2C(=O)N(Cc3ccc(F)cc3)CCN2CC1. The number of hydrogen-bond donors (Lipinski definition) is 0. The zero-order valence-corrected chi connectivity index (χ0v) is 17.4. The van der Waals surface area contributed by atoms with E-state index in [9.17, 15) is 14.0 Å². The molecule has 2 fully saturated rings. The summed E-state index contributed by atoms with van der Waals surface area (Å²) in [5, 5.41) is 3.92. The second kappa shape index (κ2) is 8.55. The fourth-order valence-corrected chi connectivity index (χ4v) is 4.33. The van der Waals surface area contributed by atoms with Gasteiger partial charge in [0, 0.05) is 44.8 Å². The van der Waals surface area contributed by atoms with Gasteiger partial charge in [-0.15, -0.1) is 0 Å². The van der Waals surface area contributed by atoms with Gasteiger partial charge in [0.1, 0.15) is 11.6 Å². The summed E-state index contributed by atoms with van der Waals surface area (Å²) in [7, 11) is 0. The number of halogens is 1. The predicted molar refractivity (Wildman–Crippen MR) is 108 cm³/mol. The smallest absolute Gasteiger partial charge is 0.240 e. The minimum atomic E-state index is -0.278. The van der Waals surface area contributed by atoms with Crippen LogP contribution in [0.4, 0.5) is 4.39 Å². The number of nitrogens with zero attached hydrogens (tertiary/aromatic N) is 4. The van der Waals surface area contributed by atoms with Crippen molar-refractivity contribution in [2.45, 2.75) is 39.3 Å². The van der Waals surface area contributed by atoms with E-state index in [1.165, 1.54) is 12.1 Å². The van der Waals surface area contributed by atoms with E-state index >= 15 is 0 Å². The standard InChI is InChI=1S/C22H27FN4O3/c1-15-19(16(2)30-24-15)13-21(28)26-8-7-20-22(29)27(12-10-25(20)9-11-26)14-17-3-5-18(23)6-4-17/h3-6,20H,7-14H2,1-2H3. The lowest BCUT2D eigenvalue weighted by atomic mass is 10.1. The van der Waals surface area contributed by atoms with Crippen LogP contribution in [0.15, 0.2) is 28.8 Å². The summed E-state index contributed by atoms with van der Waals surface area (Å²) >= 11 is 0. The molecule has 1 aromatic heterocycles. The highest BCUT2D eigenvalue weighted by atomic mass is 19.1. The number of piperazine rings is 1. The third-order valence-electron chi connectivity index (χ3n) is 6.17. The van der Waals surface area contributed by atoms with Gasteiger partial charge in [0.25, 0.3) is 0 Å². The van der Waals surface area contributed by atoms with Gasteiger partial charge in [-0.2, -0.15) is 0 Å². The summed E-state index contributed by atoms with van der Waals surface area (Å²) in [6.45, 7) is 7.43. The van der Waals surface area contributed by atoms with E-state index in [0.29, 0.717) is 44.9 Å². The molecule has 0 spiro atoms. The summed E-state index contributed by atoms with van der Waals surface area (Å²) in [5.41, 5.74) is 2.52. The number of hydrogen-bond acceptors (Lipinski definition) is 5. The van der Waals surface area contributed by atoms with E-state index < -0.39 is 0 Å². The molecule has 2 saturated heterocycles. The normalized spacial score (nSPS) is 20.2. The highest BCUT2D eigenvalue weighted by Crippen LogP contribution is 2.21. The molecule has 160 valence electrons. The monoisotopic (exact) mass is 414 g/mol. The van der Waals surface area contributed by atoms with E-state index in [0.717, 1.165) is 23.4 Å². The number of carbonyl (C=O) groups is 2. The van der Waals surface area contributed by atoms with Crippen LogP contribution < -0.4 is 0 Å². The number of aryl methyl sites for hydroxylation is 2. The largest absolute Gasteiger partial charge is 0.361 e. The number of rotatable bonds is 4. The molecule has 0 bridgehead atoms. The third-order valence-corrected chi connectivity index (χ3v) is 6.17. The molecule has 2 aliphatic rings. The van der Waals surface area contributed by atoms with E-state index in [1.54, 1.807) is 12.1 Å². The van der Waals surface area contributed by atoms with Crippen molar-refractivity contribution in [1.29, 1.82) is 0 Å². The van der Waals surface area contributed by atoms with Crippen molar-refractivity contribution in [3.8, 4) is 0 Å². The van der Waals surface area contributed by atoms with Crippen molar-refractivity contribution in [3.05, 3.63) is 52.7 Å². The van der Waals surface area contributed by atoms with Crippen LogP contribution >= 0.6 is 0 Å². The molecule has 1 unspecified atom stereocenters. The van der Waals surface area contributed by atoms with Crippen molar-refractivity contribution in [2.75, 3.05) is 32.7 Å². The van der Waals surface area contributed by atoms with Crippen LogP contribution in [0, 0.1) is 19.7 Å². The number of benzene rings is 1. The maximum atomic E-state index is 13.1. The van der Waals surface area contributed by atoms with Gasteiger partial charge < -0.3 is 14.3 Å². The van der Waals surface area contributed by atoms with Crippen LogP contribution in [-0.2, 0) is 22.6 Å². The molecule has 7 nitrogen and oxygen atoms in total. The number of aromatic nitrogens is 1. The Hall–Kier alpha value is -2.74. The van der Waals surface area contributed by atoms with Crippen LogP contribution in [0.2, 0.25) is 0 Å². The van der Waals surface area contributed by atoms with Crippen LogP contribution in [0.1, 0.15) is 29.0 Å². The van der Waals surface area contributed by atoms with Crippen LogP contribution in [-0.4, -0.2) is 70.4 Å². The lowest BCUT2D eigenvalue weighted by molar-refractivity contribution is -0.142. The molecule has 8 heteroatoms. The topological polar surface area (TPSA) is 69.9 Å². The van der Waals surface area contributed by atoms with Gasteiger partial charge in [0.2, 0.25) is 11.8 Å². The van der Waals surface area contributed by atoms with Gasteiger partial charge in [-0.25, -0.2) is 4.39 Å². The predicted octanol–water partition coefficient (Wildman–Crippen LogP) is 1.92. The summed E-state index contributed by atoms with van der Waals surface area (Å²) < 4.78 is 18.3. The lowest BCUT2D eigenvalue weighted by Gasteiger charge is -2.39. The van der Waals surface area contributed by atoms with Gasteiger partial charge >= 0.3 is 0 Å². The minimum absolute atomic E-state index is 0.0415. The summed E-state index contributed by atoms with van der Waals surface area (Å²) in [6.07, 6.45) is 0.891. The first-order valence-corrected chi connectivity index (χ1v) is 10.4. The average Bonchev–Trinajstić information content (AvgIpc) is 2.93. The summed E-state index contributed by atoms with van der Waals surface area (Å²) in [5.74, 6) is 0.533. The van der Waals surface area contributed by atoms with Crippen LogP contribution in [0.25, 0.3) is 0 Å². The Labute approximate surface area is 175 Å². The molecular formula is C22H27FN4O3. The molecule has 0 N–H and O–H groups in total. The van der Waals surface area contributed by atoms with Crippen molar-refractivity contribution < 1.29 is 18.5 Å². The number of amides is 2. The van der Waals surface area contributed by atoms with Crippen molar-refractivity contribution in [1.82, 2.24) is 19.9 Å². The molecule has 2 amide bonds. The Morgan fingerprint density at radius 3 is 2.57 bits per heavy atom. The second-order valence-electron chi connectivity index (χ2n) is 8.09. The van der Waals surface area contributed by atoms with E-state index in [1.807, 2.05) is 23.6 Å². The Balaban J connectivity index is 1.38. The fourth-order valence-electron chi connectivity index (χ4n) is 4.33. The fraction of sp³-hybridized carbons (Fsp3) is 0.500. The maximum Gasteiger partial charge on any atom is 0.240 e. The Kier molecular flexibility index (Phi) is 5.85. The van der Waals surface area contributed by atoms with Crippen molar-refractivity contribution >= 4 is 11.8 Å². The molecule has 2 aromatic rings. The molecule has 1 atom stereocenters. The van der Waals surface area contributed by atoms with E-state index in [2.05, 4.69) is 10.1 Å². The highest BCUT2D eigenvalue weighted by Gasteiger charge is 2.37. The van der Waals surface area contributed by atoms with Crippen molar-refractivity contribution in [3.63, 3.8) is 0 Å². The van der Waals surface area contributed by atoms with Gasteiger partial charge in [-0.05, 0) is 38.0 Å². The van der Waals surface area contributed by atoms with Crippen molar-refractivity contribution in [2.24, 2.45) is 0 Å². The lowest BCUT2D eigenvalue weighted by Crippen LogP contribution is -2.56. The van der Waals surface area contributed by atoms with Crippen LogP contribution in [0.5, 0.6) is 0 Å². The highest BCUT2D eigenvalue weighted by molar-refractivity contribution is 5.83. The Bertz CT molecular complexity index is 907. The quantitative estimate of drug-likeness (QED) is 0.765. The molecule has 30 heavy (non-hydrogen) atoms. The van der Waals surface area contributed by atoms with E-state index in [4.69, 9.17) is 4.52 Å². The number of carbonyl (C=O) groups excluding carboxylic acids is 2. The van der Waals surface area contributed by atoms with E-state index in [-0.39, 0.29) is 30.1 Å².